The summed E-state index contributed by atoms with van der Waals surface area (Å²) in [6.45, 7) is 6.12. The summed E-state index contributed by atoms with van der Waals surface area (Å²) in [6, 6.07) is 18.4. The fourth-order valence-electron chi connectivity index (χ4n) is 5.96. The van der Waals surface area contributed by atoms with E-state index < -0.39 is 11.5 Å². The van der Waals surface area contributed by atoms with Gasteiger partial charge in [0.1, 0.15) is 12.1 Å². The maximum Gasteiger partial charge on any atom is 0.415 e. The summed E-state index contributed by atoms with van der Waals surface area (Å²) in [5, 5.41) is 0.578. The summed E-state index contributed by atoms with van der Waals surface area (Å²) in [4.78, 5) is 51.9. The Morgan fingerprint density at radius 2 is 1.54 bits per heavy atom. The standard InChI is InChI=1S/C36H38N4O6/c1-23-5-7-25(8-6-23)17-32(41)36(13-14-36)33(42)18-26-9-11-27(12-10-26)45-34-28-19-30(44-4)31(20-29(28)37-22-38-34)46-35(43)40-16-15-39(3)21-24(40)2/h5-12,19-20,22,24H,13-18,21H2,1-4H3/t24-/m1/s1. The highest BCUT2D eigenvalue weighted by molar-refractivity contribution is 6.11. The molecule has 10 nitrogen and oxygen atoms in total. The van der Waals surface area contributed by atoms with Gasteiger partial charge in [-0.15, -0.1) is 0 Å². The van der Waals surface area contributed by atoms with Gasteiger partial charge in [0.2, 0.25) is 5.88 Å². The molecule has 238 valence electrons. The van der Waals surface area contributed by atoms with Crippen LogP contribution in [0.5, 0.6) is 23.1 Å². The van der Waals surface area contributed by atoms with Crippen LogP contribution in [0.15, 0.2) is 67.0 Å². The number of benzene rings is 3. The van der Waals surface area contributed by atoms with Crippen LogP contribution in [0.2, 0.25) is 0 Å². The molecule has 3 aromatic carbocycles. The number of fused-ring (bicyclic) bond motifs is 1. The van der Waals surface area contributed by atoms with Crippen molar-refractivity contribution in [1.82, 2.24) is 19.8 Å². The molecule has 2 heterocycles. The van der Waals surface area contributed by atoms with Gasteiger partial charge in [-0.05, 0) is 63.1 Å². The van der Waals surface area contributed by atoms with E-state index in [4.69, 9.17) is 14.2 Å². The number of carbonyl (C=O) groups is 3. The second-order valence-corrected chi connectivity index (χ2v) is 12.4. The van der Waals surface area contributed by atoms with Crippen LogP contribution in [0.4, 0.5) is 4.79 Å². The van der Waals surface area contributed by atoms with Gasteiger partial charge >= 0.3 is 6.09 Å². The highest BCUT2D eigenvalue weighted by Crippen LogP contribution is 2.49. The van der Waals surface area contributed by atoms with E-state index in [9.17, 15) is 14.4 Å². The molecule has 0 N–H and O–H groups in total. The summed E-state index contributed by atoms with van der Waals surface area (Å²) in [5.74, 6) is 1.39. The summed E-state index contributed by atoms with van der Waals surface area (Å²) < 4.78 is 17.4. The Bertz CT molecular complexity index is 1770. The first kappa shape index (κ1) is 31.2. The number of aromatic nitrogens is 2. The quantitative estimate of drug-likeness (QED) is 0.209. The zero-order valence-electron chi connectivity index (χ0n) is 26.6. The van der Waals surface area contributed by atoms with Gasteiger partial charge < -0.3 is 24.0 Å². The average molecular weight is 623 g/mol. The van der Waals surface area contributed by atoms with Crippen molar-refractivity contribution in [3.05, 3.63) is 83.7 Å². The maximum absolute atomic E-state index is 13.3. The van der Waals surface area contributed by atoms with Crippen molar-refractivity contribution in [2.75, 3.05) is 33.8 Å². The molecule has 2 aliphatic rings. The maximum atomic E-state index is 13.3. The van der Waals surface area contributed by atoms with Gasteiger partial charge in [-0.25, -0.2) is 14.8 Å². The first-order valence-electron chi connectivity index (χ1n) is 15.5. The third-order valence-corrected chi connectivity index (χ3v) is 8.95. The van der Waals surface area contributed by atoms with Crippen LogP contribution >= 0.6 is 0 Å². The third-order valence-electron chi connectivity index (χ3n) is 8.95. The Hall–Kier alpha value is -4.83. The number of piperazine rings is 1. The fraction of sp³-hybridized carbons (Fsp3) is 0.361. The summed E-state index contributed by atoms with van der Waals surface area (Å²) in [6.07, 6.45) is 2.62. The molecule has 46 heavy (non-hydrogen) atoms. The van der Waals surface area contributed by atoms with E-state index in [1.165, 1.54) is 13.4 Å². The van der Waals surface area contributed by atoms with Gasteiger partial charge in [0.15, 0.2) is 23.1 Å². The van der Waals surface area contributed by atoms with Crippen LogP contribution in [0.25, 0.3) is 10.9 Å². The normalized spacial score (nSPS) is 17.4. The number of amides is 1. The van der Waals surface area contributed by atoms with Crippen molar-refractivity contribution < 1.29 is 28.6 Å². The Morgan fingerprint density at radius 1 is 0.891 bits per heavy atom. The number of likely N-dealkylation sites (N-methyl/N-ethyl adjacent to an activating group) is 1. The minimum Gasteiger partial charge on any atom is -0.493 e. The smallest absolute Gasteiger partial charge is 0.415 e. The van der Waals surface area contributed by atoms with Crippen molar-refractivity contribution in [2.24, 2.45) is 5.41 Å². The molecule has 1 aliphatic carbocycles. The highest BCUT2D eigenvalue weighted by Gasteiger charge is 2.54. The topological polar surface area (TPSA) is 111 Å². The number of rotatable bonds is 10. The molecule has 6 rings (SSSR count). The van der Waals surface area contributed by atoms with Crippen molar-refractivity contribution in [2.45, 2.75) is 45.6 Å². The van der Waals surface area contributed by atoms with E-state index >= 15 is 0 Å². The summed E-state index contributed by atoms with van der Waals surface area (Å²) in [5.41, 5.74) is 2.53. The minimum atomic E-state index is -0.866. The number of hydrogen-bond donors (Lipinski definition) is 0. The number of carbonyl (C=O) groups excluding carboxylic acids is 3. The lowest BCUT2D eigenvalue weighted by molar-refractivity contribution is -0.133. The Labute approximate surface area is 268 Å². The molecule has 1 aliphatic heterocycles. The van der Waals surface area contributed by atoms with Gasteiger partial charge in [0, 0.05) is 44.6 Å². The van der Waals surface area contributed by atoms with Crippen molar-refractivity contribution in [3.8, 4) is 23.1 Å². The van der Waals surface area contributed by atoms with Crippen molar-refractivity contribution >= 4 is 28.6 Å². The van der Waals surface area contributed by atoms with Crippen LogP contribution in [0.3, 0.4) is 0 Å². The monoisotopic (exact) mass is 622 g/mol. The molecular formula is C36H38N4O6. The molecule has 1 amide bonds. The van der Waals surface area contributed by atoms with Gasteiger partial charge in [0.25, 0.3) is 0 Å². The predicted octanol–water partition coefficient (Wildman–Crippen LogP) is 5.58. The lowest BCUT2D eigenvalue weighted by atomic mass is 9.88. The first-order valence-corrected chi connectivity index (χ1v) is 15.5. The van der Waals surface area contributed by atoms with E-state index in [1.807, 2.05) is 57.3 Å². The number of hydrogen-bond acceptors (Lipinski definition) is 9. The number of aryl methyl sites for hydroxylation is 1. The largest absolute Gasteiger partial charge is 0.493 e. The van der Waals surface area contributed by atoms with Crippen LogP contribution in [0.1, 0.15) is 36.5 Å². The lowest BCUT2D eigenvalue weighted by Crippen LogP contribution is -2.53. The van der Waals surface area contributed by atoms with E-state index in [1.54, 1.807) is 29.2 Å². The summed E-state index contributed by atoms with van der Waals surface area (Å²) in [7, 11) is 3.53. The molecule has 4 aromatic rings. The molecule has 10 heteroatoms. The molecule has 0 bridgehead atoms. The second kappa shape index (κ2) is 12.9. The predicted molar refractivity (Wildman–Crippen MR) is 173 cm³/mol. The second-order valence-electron chi connectivity index (χ2n) is 12.4. The Balaban J connectivity index is 1.12. The number of ether oxygens (including phenoxy) is 3. The first-order chi connectivity index (χ1) is 22.1. The number of methoxy groups -OCH3 is 1. The molecule has 0 spiro atoms. The highest BCUT2D eigenvalue weighted by atomic mass is 16.6. The molecule has 1 atom stereocenters. The van der Waals surface area contributed by atoms with Crippen molar-refractivity contribution in [1.29, 1.82) is 0 Å². The third kappa shape index (κ3) is 6.57. The Kier molecular flexibility index (Phi) is 8.73. The molecule has 1 saturated heterocycles. The fourth-order valence-corrected chi connectivity index (χ4v) is 5.96. The minimum absolute atomic E-state index is 0.000755. The number of nitrogens with zero attached hydrogens (tertiary/aromatic N) is 4. The molecular weight excluding hydrogens is 584 g/mol. The van der Waals surface area contributed by atoms with Gasteiger partial charge in [0.05, 0.1) is 23.4 Å². The van der Waals surface area contributed by atoms with Crippen LogP contribution < -0.4 is 14.2 Å². The van der Waals surface area contributed by atoms with Crippen LogP contribution in [0, 0.1) is 12.3 Å². The van der Waals surface area contributed by atoms with Gasteiger partial charge in [-0.2, -0.15) is 0 Å². The van der Waals surface area contributed by atoms with Gasteiger partial charge in [-0.3, -0.25) is 9.59 Å². The SMILES string of the molecule is COc1cc2c(Oc3ccc(CC(=O)C4(C(=O)Cc5ccc(C)cc5)CC4)cc3)ncnc2cc1OC(=O)N1CCN(C)C[C@H]1C. The molecule has 0 unspecified atom stereocenters. The zero-order chi connectivity index (χ0) is 32.4. The molecule has 0 radical (unpaired) electrons. The molecule has 2 fully saturated rings. The van der Waals surface area contributed by atoms with E-state index in [0.29, 0.717) is 47.7 Å². The lowest BCUT2D eigenvalue weighted by Gasteiger charge is -2.37. The number of Topliss-reactive ketones (excluding diaryl/α,β-unsaturated/α-hetero) is 2. The number of ketones is 2. The average Bonchev–Trinajstić information content (AvgIpc) is 3.85. The zero-order valence-corrected chi connectivity index (χ0v) is 26.6. The Morgan fingerprint density at radius 3 is 2.15 bits per heavy atom. The van der Waals surface area contributed by atoms with E-state index in [2.05, 4.69) is 14.9 Å². The molecule has 1 saturated carbocycles. The van der Waals surface area contributed by atoms with Crippen LogP contribution in [-0.2, 0) is 22.4 Å². The van der Waals surface area contributed by atoms with Crippen molar-refractivity contribution in [3.63, 3.8) is 0 Å². The summed E-state index contributed by atoms with van der Waals surface area (Å²) >= 11 is 0. The van der Waals surface area contributed by atoms with E-state index in [-0.39, 0.29) is 36.2 Å². The van der Waals surface area contributed by atoms with Crippen LogP contribution in [-0.4, -0.2) is 77.3 Å². The van der Waals surface area contributed by atoms with Gasteiger partial charge in [-0.1, -0.05) is 42.0 Å². The van der Waals surface area contributed by atoms with E-state index in [0.717, 1.165) is 29.8 Å². The molecule has 1 aromatic heterocycles.